The summed E-state index contributed by atoms with van der Waals surface area (Å²) in [7, 11) is 0. The zero-order valence-corrected chi connectivity index (χ0v) is 12.7. The van der Waals surface area contributed by atoms with Crippen molar-refractivity contribution in [2.24, 2.45) is 0 Å². The fourth-order valence-electron chi connectivity index (χ4n) is 2.14. The molecule has 1 saturated heterocycles. The molecule has 0 radical (unpaired) electrons. The van der Waals surface area contributed by atoms with E-state index in [0.29, 0.717) is 12.2 Å². The minimum Gasteiger partial charge on any atom is -0.390 e. The topological polar surface area (TPSA) is 123 Å². The lowest BCUT2D eigenvalue weighted by Gasteiger charge is -2.17. The van der Waals surface area contributed by atoms with Crippen molar-refractivity contribution in [1.82, 2.24) is 14.5 Å². The highest BCUT2D eigenvalue weighted by Crippen LogP contribution is 2.35. The summed E-state index contributed by atoms with van der Waals surface area (Å²) in [6, 6.07) is 0. The van der Waals surface area contributed by atoms with Gasteiger partial charge >= 0.3 is 4.87 Å². The molecule has 114 valence electrons. The number of ether oxygens (including phenoxy) is 1. The van der Waals surface area contributed by atoms with Crippen molar-refractivity contribution in [3.05, 3.63) is 20.0 Å². The number of rotatable bonds is 3. The SMILES string of the molecule is CCC(O)C1OC(n2c(=O)sc3c(=O)[nH]c(N)nc32)CS1. The molecule has 3 heterocycles. The van der Waals surface area contributed by atoms with Crippen molar-refractivity contribution in [2.75, 3.05) is 11.5 Å². The monoisotopic (exact) mass is 330 g/mol. The molecule has 1 aliphatic heterocycles. The molecule has 2 aromatic rings. The highest BCUT2D eigenvalue weighted by atomic mass is 32.2. The molecule has 3 atom stereocenters. The van der Waals surface area contributed by atoms with Crippen molar-refractivity contribution < 1.29 is 9.84 Å². The summed E-state index contributed by atoms with van der Waals surface area (Å²) in [5.74, 6) is 0.455. The number of aromatic nitrogens is 3. The van der Waals surface area contributed by atoms with E-state index in [0.717, 1.165) is 11.3 Å². The summed E-state index contributed by atoms with van der Waals surface area (Å²) in [5.41, 5.74) is 4.94. The molecule has 3 rings (SSSR count). The highest BCUT2D eigenvalue weighted by Gasteiger charge is 2.34. The Kier molecular flexibility index (Phi) is 3.78. The Labute approximate surface area is 126 Å². The Bertz CT molecular complexity index is 783. The number of nitrogen functional groups attached to an aromatic ring is 1. The molecule has 10 heteroatoms. The summed E-state index contributed by atoms with van der Waals surface area (Å²) in [5, 5.41) is 9.82. The third-order valence-corrected chi connectivity index (χ3v) is 5.38. The van der Waals surface area contributed by atoms with Gasteiger partial charge in [0.05, 0.1) is 6.10 Å². The van der Waals surface area contributed by atoms with Gasteiger partial charge in [0.25, 0.3) is 5.56 Å². The molecule has 0 saturated carbocycles. The second kappa shape index (κ2) is 5.44. The van der Waals surface area contributed by atoms with Crippen molar-refractivity contribution >= 4 is 39.4 Å². The zero-order valence-electron chi connectivity index (χ0n) is 11.1. The molecule has 0 aliphatic carbocycles. The van der Waals surface area contributed by atoms with Gasteiger partial charge in [-0.2, -0.15) is 4.98 Å². The van der Waals surface area contributed by atoms with Gasteiger partial charge in [-0.1, -0.05) is 18.3 Å². The van der Waals surface area contributed by atoms with Crippen LogP contribution in [0, 0.1) is 0 Å². The summed E-state index contributed by atoms with van der Waals surface area (Å²) in [6.07, 6.45) is -0.590. The minimum atomic E-state index is -0.595. The molecule has 21 heavy (non-hydrogen) atoms. The molecule has 3 unspecified atom stereocenters. The van der Waals surface area contributed by atoms with Crippen LogP contribution in [0.2, 0.25) is 0 Å². The Hall–Kier alpha value is -1.36. The van der Waals surface area contributed by atoms with E-state index in [4.69, 9.17) is 10.5 Å². The normalized spacial score (nSPS) is 23.7. The molecule has 0 spiro atoms. The number of fused-ring (bicyclic) bond motifs is 1. The Morgan fingerprint density at radius 2 is 2.38 bits per heavy atom. The first-order chi connectivity index (χ1) is 10.0. The maximum atomic E-state index is 12.1. The van der Waals surface area contributed by atoms with Gasteiger partial charge in [-0.15, -0.1) is 11.8 Å². The van der Waals surface area contributed by atoms with Crippen molar-refractivity contribution in [3.8, 4) is 0 Å². The predicted octanol–water partition coefficient (Wildman–Crippen LogP) is 0.0875. The molecule has 1 fully saturated rings. The van der Waals surface area contributed by atoms with Gasteiger partial charge in [0, 0.05) is 5.75 Å². The molecule has 0 amide bonds. The summed E-state index contributed by atoms with van der Waals surface area (Å²) in [4.78, 5) is 30.0. The first-order valence-electron chi connectivity index (χ1n) is 6.37. The number of H-pyrrole nitrogens is 1. The van der Waals surface area contributed by atoms with Gasteiger partial charge in [-0.05, 0) is 6.42 Å². The zero-order chi connectivity index (χ0) is 15.1. The third kappa shape index (κ3) is 2.48. The van der Waals surface area contributed by atoms with E-state index in [9.17, 15) is 14.7 Å². The van der Waals surface area contributed by atoms with E-state index >= 15 is 0 Å². The average Bonchev–Trinajstić information content (AvgIpc) is 3.02. The Morgan fingerprint density at radius 3 is 3.10 bits per heavy atom. The van der Waals surface area contributed by atoms with Crippen LogP contribution in [0.5, 0.6) is 0 Å². The van der Waals surface area contributed by atoms with E-state index in [1.54, 1.807) is 0 Å². The second-order valence-electron chi connectivity index (χ2n) is 4.61. The van der Waals surface area contributed by atoms with E-state index in [1.165, 1.54) is 16.3 Å². The number of thiazole rings is 1. The standard InChI is InChI=1S/C11H14N4O4S2/c1-2-4(16)9-19-5(3-20-9)15-7-6(21-11(15)18)8(17)14-10(12)13-7/h4-5,9,16H,2-3H2,1H3,(H3,12,13,14,17). The number of aliphatic hydroxyl groups is 1. The van der Waals surface area contributed by atoms with Crippen LogP contribution in [0.15, 0.2) is 9.59 Å². The van der Waals surface area contributed by atoms with Gasteiger partial charge in [0.15, 0.2) is 5.65 Å². The van der Waals surface area contributed by atoms with Gasteiger partial charge < -0.3 is 15.6 Å². The summed E-state index contributed by atoms with van der Waals surface area (Å²) < 4.78 is 7.28. The quantitative estimate of drug-likeness (QED) is 0.728. The number of hydrogen-bond donors (Lipinski definition) is 3. The first kappa shape index (κ1) is 14.6. The number of aliphatic hydroxyl groups excluding tert-OH is 1. The number of thioether (sulfide) groups is 1. The molecular formula is C11H14N4O4S2. The molecule has 0 aromatic carbocycles. The van der Waals surface area contributed by atoms with Gasteiger partial charge in [0.2, 0.25) is 5.95 Å². The number of nitrogens with zero attached hydrogens (tertiary/aromatic N) is 2. The highest BCUT2D eigenvalue weighted by molar-refractivity contribution is 8.00. The molecule has 8 nitrogen and oxygen atoms in total. The number of hydrogen-bond acceptors (Lipinski definition) is 8. The van der Waals surface area contributed by atoms with Crippen LogP contribution in [-0.2, 0) is 4.74 Å². The molecular weight excluding hydrogens is 316 g/mol. The van der Waals surface area contributed by atoms with Crippen molar-refractivity contribution in [3.63, 3.8) is 0 Å². The molecule has 2 aromatic heterocycles. The van der Waals surface area contributed by atoms with Crippen LogP contribution in [0.1, 0.15) is 19.6 Å². The summed E-state index contributed by atoms with van der Waals surface area (Å²) >= 11 is 2.24. The van der Waals surface area contributed by atoms with Crippen molar-refractivity contribution in [1.29, 1.82) is 0 Å². The molecule has 0 bridgehead atoms. The van der Waals surface area contributed by atoms with E-state index in [1.807, 2.05) is 6.92 Å². The van der Waals surface area contributed by atoms with Gasteiger partial charge in [-0.3, -0.25) is 19.1 Å². The van der Waals surface area contributed by atoms with Gasteiger partial charge in [-0.25, -0.2) is 0 Å². The van der Waals surface area contributed by atoms with Crippen LogP contribution in [0.3, 0.4) is 0 Å². The van der Waals surface area contributed by atoms with Crippen LogP contribution in [-0.4, -0.2) is 36.9 Å². The van der Waals surface area contributed by atoms with E-state index in [-0.39, 0.29) is 26.6 Å². The number of aromatic amines is 1. The second-order valence-corrected chi connectivity index (χ2v) is 6.70. The van der Waals surface area contributed by atoms with Crippen LogP contribution >= 0.6 is 23.1 Å². The van der Waals surface area contributed by atoms with Crippen molar-refractivity contribution in [2.45, 2.75) is 31.1 Å². The van der Waals surface area contributed by atoms with Crippen LogP contribution in [0.25, 0.3) is 10.3 Å². The summed E-state index contributed by atoms with van der Waals surface area (Å²) in [6.45, 7) is 1.86. The average molecular weight is 330 g/mol. The lowest BCUT2D eigenvalue weighted by atomic mass is 10.3. The maximum Gasteiger partial charge on any atom is 0.311 e. The minimum absolute atomic E-state index is 0.0464. The van der Waals surface area contributed by atoms with Crippen LogP contribution < -0.4 is 16.2 Å². The Balaban J connectivity index is 2.04. The molecule has 1 aliphatic rings. The van der Waals surface area contributed by atoms with E-state index < -0.39 is 17.9 Å². The lowest BCUT2D eigenvalue weighted by molar-refractivity contribution is -0.0381. The molecule has 4 N–H and O–H groups in total. The number of nitrogens with two attached hydrogens (primary N) is 1. The number of nitrogens with one attached hydrogen (secondary N) is 1. The largest absolute Gasteiger partial charge is 0.390 e. The number of anilines is 1. The van der Waals surface area contributed by atoms with E-state index in [2.05, 4.69) is 9.97 Å². The predicted molar refractivity (Wildman–Crippen MR) is 81.6 cm³/mol. The fourth-order valence-corrected chi connectivity index (χ4v) is 4.20. The smallest absolute Gasteiger partial charge is 0.311 e. The lowest BCUT2D eigenvalue weighted by Crippen LogP contribution is -2.26. The van der Waals surface area contributed by atoms with Crippen LogP contribution in [0.4, 0.5) is 5.95 Å². The maximum absolute atomic E-state index is 12.1. The van der Waals surface area contributed by atoms with Gasteiger partial charge in [0.1, 0.15) is 16.4 Å². The Morgan fingerprint density at radius 1 is 1.62 bits per heavy atom. The fraction of sp³-hybridized carbons (Fsp3) is 0.545. The third-order valence-electron chi connectivity index (χ3n) is 3.21. The first-order valence-corrected chi connectivity index (χ1v) is 8.23.